The fourth-order valence-electron chi connectivity index (χ4n) is 1.40. The van der Waals surface area contributed by atoms with Gasteiger partial charge in [0.2, 0.25) is 0 Å². The Hall–Kier alpha value is -2.20. The first-order valence-electron chi connectivity index (χ1n) is 6.78. The fourth-order valence-corrected chi connectivity index (χ4v) is 1.62. The van der Waals surface area contributed by atoms with Crippen LogP contribution in [0.25, 0.3) is 11.1 Å². The molecule has 2 aromatic rings. The number of aromatic carboxylic acids is 1. The monoisotopic (exact) mass is 267 g/mol. The van der Waals surface area contributed by atoms with Crippen LogP contribution in [0.15, 0.2) is 36.3 Å². The number of carboxylic acid groups (broad SMARTS) is 1. The molecule has 2 rings (SSSR count). The molecule has 5 heteroatoms. The molecule has 0 aromatic heterocycles. The minimum atomic E-state index is -1.57. The lowest BCUT2D eigenvalue weighted by molar-refractivity contribution is 0.0697. The van der Waals surface area contributed by atoms with E-state index in [1.165, 1.54) is 12.1 Å². The van der Waals surface area contributed by atoms with Gasteiger partial charge in [-0.25, -0.2) is 4.79 Å². The van der Waals surface area contributed by atoms with Crippen molar-refractivity contribution < 1.29 is 20.5 Å². The molecule has 0 radical (unpaired) electrons. The molecule has 0 unspecified atom stereocenters. The van der Waals surface area contributed by atoms with Crippen molar-refractivity contribution in [2.45, 2.75) is 0 Å². The van der Waals surface area contributed by atoms with Crippen LogP contribution in [0.4, 0.5) is 5.69 Å². The number of anilines is 1. The summed E-state index contributed by atoms with van der Waals surface area (Å²) in [5.74, 6) is -2.04. The van der Waals surface area contributed by atoms with Gasteiger partial charge in [0.15, 0.2) is 0 Å². The molecule has 2 aromatic carbocycles. The summed E-state index contributed by atoms with van der Waals surface area (Å²) in [5.41, 5.74) is 4.28. The number of hydrogen-bond acceptors (Lipinski definition) is 3. The molecule has 0 saturated heterocycles. The Morgan fingerprint density at radius 2 is 2.11 bits per heavy atom. The average molecular weight is 268 g/mol. The number of halogens is 1. The van der Waals surface area contributed by atoms with E-state index in [1.807, 2.05) is 0 Å². The zero-order valence-corrected chi connectivity index (χ0v) is 9.67. The molecule has 0 amide bonds. The van der Waals surface area contributed by atoms with Crippen LogP contribution in [-0.4, -0.2) is 16.2 Å². The fraction of sp³-hybridized carbons (Fsp3) is 0. The van der Waals surface area contributed by atoms with Crippen molar-refractivity contribution in [2.75, 3.05) is 5.73 Å². The second kappa shape index (κ2) is 4.58. The molecule has 0 bridgehead atoms. The topological polar surface area (TPSA) is 83.5 Å². The smallest absolute Gasteiger partial charge is 0.335 e. The minimum absolute atomic E-state index is 0.111. The minimum Gasteiger partial charge on any atom is -0.505 e. The quantitative estimate of drug-likeness (QED) is 0.577. The van der Waals surface area contributed by atoms with Crippen LogP contribution in [0.1, 0.15) is 15.8 Å². The van der Waals surface area contributed by atoms with E-state index in [0.717, 1.165) is 0 Å². The van der Waals surface area contributed by atoms with Gasteiger partial charge in [-0.2, -0.15) is 0 Å². The lowest BCUT2D eigenvalue weighted by Crippen LogP contribution is -1.96. The van der Waals surface area contributed by atoms with Crippen molar-refractivity contribution in [3.63, 3.8) is 0 Å². The summed E-state index contributed by atoms with van der Waals surface area (Å²) in [6.45, 7) is 0. The molecule has 0 fully saturated rings. The van der Waals surface area contributed by atoms with Gasteiger partial charge in [-0.05, 0) is 29.8 Å². The molecule has 0 spiro atoms. The first-order valence-corrected chi connectivity index (χ1v) is 5.16. The molecule has 0 heterocycles. The van der Waals surface area contributed by atoms with Gasteiger partial charge in [0.05, 0.1) is 16.7 Å². The third-order valence-electron chi connectivity index (χ3n) is 2.21. The highest BCUT2D eigenvalue weighted by atomic mass is 35.5. The second-order valence-electron chi connectivity index (χ2n) is 3.45. The highest BCUT2D eigenvalue weighted by molar-refractivity contribution is 6.31. The van der Waals surface area contributed by atoms with E-state index in [0.29, 0.717) is 0 Å². The molecular weight excluding hydrogens is 254 g/mol. The standard InChI is InChI=1S/C13H10ClNO3/c14-9-5-10(12(16)11(15)6-9)7-2-1-3-8(4-7)13(17)18/h1-6,16H,15H2,(H,17,18)/i1D,2D,3D,4D. The summed E-state index contributed by atoms with van der Waals surface area (Å²) >= 11 is 5.84. The molecule has 4 nitrogen and oxygen atoms in total. The molecule has 0 atom stereocenters. The van der Waals surface area contributed by atoms with E-state index in [1.54, 1.807) is 0 Å². The summed E-state index contributed by atoms with van der Waals surface area (Å²) in [6.07, 6.45) is 0. The van der Waals surface area contributed by atoms with Crippen LogP contribution in [-0.2, 0) is 0 Å². The number of phenols is 1. The molecule has 92 valence electrons. The lowest BCUT2D eigenvalue weighted by atomic mass is 10.0. The van der Waals surface area contributed by atoms with Gasteiger partial charge >= 0.3 is 5.97 Å². The first kappa shape index (κ1) is 8.00. The summed E-state index contributed by atoms with van der Waals surface area (Å²) in [4.78, 5) is 11.2. The number of phenolic OH excluding ortho intramolecular Hbond substituents is 1. The zero-order valence-electron chi connectivity index (χ0n) is 12.9. The van der Waals surface area contributed by atoms with E-state index in [4.69, 9.17) is 27.9 Å². The Morgan fingerprint density at radius 3 is 2.78 bits per heavy atom. The Kier molecular flexibility index (Phi) is 2.04. The Bertz CT molecular complexity index is 811. The van der Waals surface area contributed by atoms with Crippen molar-refractivity contribution in [3.8, 4) is 16.9 Å². The van der Waals surface area contributed by atoms with E-state index < -0.39 is 41.5 Å². The average Bonchev–Trinajstić information content (AvgIpc) is 2.41. The summed E-state index contributed by atoms with van der Waals surface area (Å²) in [7, 11) is 0. The summed E-state index contributed by atoms with van der Waals surface area (Å²) < 4.78 is 31.1. The summed E-state index contributed by atoms with van der Waals surface area (Å²) in [6, 6.07) is -0.144. The maximum atomic E-state index is 11.2. The molecule has 4 N–H and O–H groups in total. The maximum absolute atomic E-state index is 11.2. The molecule has 18 heavy (non-hydrogen) atoms. The number of carboxylic acids is 1. The van der Waals surface area contributed by atoms with E-state index in [-0.39, 0.29) is 21.8 Å². The number of nitrogens with two attached hydrogens (primary N) is 1. The van der Waals surface area contributed by atoms with Crippen LogP contribution in [0.2, 0.25) is 5.02 Å². The van der Waals surface area contributed by atoms with E-state index in [9.17, 15) is 9.90 Å². The van der Waals surface area contributed by atoms with Gasteiger partial charge in [-0.1, -0.05) is 23.7 Å². The van der Waals surface area contributed by atoms with Crippen molar-refractivity contribution in [1.29, 1.82) is 0 Å². The SMILES string of the molecule is [2H]c1c([2H])c(C(=O)O)c([2H])c(-c2cc(Cl)cc(N)c2O)c1[2H]. The molecule has 0 aliphatic heterocycles. The number of carbonyl (C=O) groups is 1. The van der Waals surface area contributed by atoms with Gasteiger partial charge in [-0.3, -0.25) is 0 Å². The van der Waals surface area contributed by atoms with Gasteiger partial charge in [0.1, 0.15) is 5.75 Å². The number of hydrogen-bond donors (Lipinski definition) is 3. The van der Waals surface area contributed by atoms with Gasteiger partial charge in [0, 0.05) is 10.6 Å². The first-order chi connectivity index (χ1) is 10.2. The third-order valence-corrected chi connectivity index (χ3v) is 2.43. The van der Waals surface area contributed by atoms with Gasteiger partial charge in [0.25, 0.3) is 0 Å². The largest absolute Gasteiger partial charge is 0.505 e. The Morgan fingerprint density at radius 1 is 1.39 bits per heavy atom. The number of benzene rings is 2. The van der Waals surface area contributed by atoms with Crippen molar-refractivity contribution in [3.05, 3.63) is 46.9 Å². The predicted octanol–water partition coefficient (Wildman–Crippen LogP) is 2.99. The number of aromatic hydroxyl groups is 1. The number of nitrogen functional groups attached to an aromatic ring is 1. The third kappa shape index (κ3) is 2.24. The van der Waals surface area contributed by atoms with Crippen molar-refractivity contribution in [2.24, 2.45) is 0 Å². The van der Waals surface area contributed by atoms with Crippen LogP contribution in [0, 0.1) is 0 Å². The Balaban J connectivity index is 2.97. The molecule has 0 aliphatic carbocycles. The van der Waals surface area contributed by atoms with Crippen LogP contribution < -0.4 is 5.73 Å². The van der Waals surface area contributed by atoms with Crippen LogP contribution >= 0.6 is 11.6 Å². The molecular formula is C13H10ClNO3. The van der Waals surface area contributed by atoms with Crippen LogP contribution in [0.3, 0.4) is 0 Å². The van der Waals surface area contributed by atoms with Crippen molar-refractivity contribution >= 4 is 23.3 Å². The normalized spacial score (nSPS) is 13.4. The summed E-state index contributed by atoms with van der Waals surface area (Å²) in [5, 5.41) is 19.2. The zero-order chi connectivity index (χ0) is 16.8. The molecule has 0 saturated carbocycles. The highest BCUT2D eigenvalue weighted by Gasteiger charge is 2.11. The predicted molar refractivity (Wildman–Crippen MR) is 69.9 cm³/mol. The maximum Gasteiger partial charge on any atom is 0.335 e. The Labute approximate surface area is 114 Å². The van der Waals surface area contributed by atoms with Crippen molar-refractivity contribution in [1.82, 2.24) is 0 Å². The van der Waals surface area contributed by atoms with Crippen LogP contribution in [0.5, 0.6) is 5.75 Å². The lowest BCUT2D eigenvalue weighted by Gasteiger charge is -2.08. The van der Waals surface area contributed by atoms with Gasteiger partial charge < -0.3 is 15.9 Å². The van der Waals surface area contributed by atoms with Gasteiger partial charge in [-0.15, -0.1) is 0 Å². The molecule has 0 aliphatic rings. The number of rotatable bonds is 2. The second-order valence-corrected chi connectivity index (χ2v) is 3.88. The van der Waals surface area contributed by atoms with E-state index in [2.05, 4.69) is 0 Å². The van der Waals surface area contributed by atoms with E-state index >= 15 is 0 Å². The highest BCUT2D eigenvalue weighted by Crippen LogP contribution is 2.36.